The van der Waals surface area contributed by atoms with E-state index in [-0.39, 0.29) is 5.57 Å². The molecular formula is C7H13NO4S. The van der Waals surface area contributed by atoms with Crippen LogP contribution in [0.25, 0.3) is 0 Å². The smallest absolute Gasteiger partial charge is 0.288 e. The van der Waals surface area contributed by atoms with E-state index in [1.54, 1.807) is 20.8 Å². The Hall–Kier alpha value is -0.880. The van der Waals surface area contributed by atoms with Gasteiger partial charge in [0.25, 0.3) is 10.1 Å². The van der Waals surface area contributed by atoms with Crippen molar-refractivity contribution in [1.82, 2.24) is 0 Å². The molecule has 0 aliphatic rings. The summed E-state index contributed by atoms with van der Waals surface area (Å²) in [7, 11) is -4.31. The Labute approximate surface area is 77.4 Å². The second-order valence-electron chi connectivity index (χ2n) is 3.66. The van der Waals surface area contributed by atoms with E-state index < -0.39 is 21.4 Å². The molecule has 0 radical (unpaired) electrons. The second kappa shape index (κ2) is 3.47. The van der Waals surface area contributed by atoms with Crippen LogP contribution in [-0.2, 0) is 14.9 Å². The minimum absolute atomic E-state index is 0.130. The Bertz CT molecular complexity index is 334. The molecule has 0 aromatic heterocycles. The standard InChI is InChI=1S/C7H13NO4S/c1-7(2,3)5(6(8)9)4-13(10,11)12/h4H,1-3H3,(H2,8,9)(H,10,11,12). The van der Waals surface area contributed by atoms with Gasteiger partial charge < -0.3 is 5.73 Å². The van der Waals surface area contributed by atoms with Gasteiger partial charge in [-0.15, -0.1) is 0 Å². The maximum absolute atomic E-state index is 10.8. The van der Waals surface area contributed by atoms with Crippen LogP contribution in [-0.4, -0.2) is 18.9 Å². The maximum atomic E-state index is 10.8. The summed E-state index contributed by atoms with van der Waals surface area (Å²) >= 11 is 0. The highest BCUT2D eigenvalue weighted by atomic mass is 32.2. The topological polar surface area (TPSA) is 97.5 Å². The number of amides is 1. The Morgan fingerprint density at radius 1 is 1.38 bits per heavy atom. The fraction of sp³-hybridized carbons (Fsp3) is 0.571. The molecule has 0 unspecified atom stereocenters. The van der Waals surface area contributed by atoms with Crippen molar-refractivity contribution in [2.45, 2.75) is 20.8 Å². The normalized spacial score (nSPS) is 14.3. The molecular weight excluding hydrogens is 194 g/mol. The quantitative estimate of drug-likeness (QED) is 0.502. The van der Waals surface area contributed by atoms with E-state index in [0.29, 0.717) is 5.41 Å². The molecule has 0 saturated carbocycles. The summed E-state index contributed by atoms with van der Waals surface area (Å²) in [6, 6.07) is 0. The summed E-state index contributed by atoms with van der Waals surface area (Å²) in [5, 5.41) is 0.481. The highest BCUT2D eigenvalue weighted by Gasteiger charge is 2.23. The molecule has 3 N–H and O–H groups in total. The Morgan fingerprint density at radius 2 is 1.77 bits per heavy atom. The minimum Gasteiger partial charge on any atom is -0.366 e. The van der Waals surface area contributed by atoms with Crippen LogP contribution in [0.3, 0.4) is 0 Å². The first kappa shape index (κ1) is 12.1. The fourth-order valence-corrected chi connectivity index (χ4v) is 1.52. The van der Waals surface area contributed by atoms with E-state index in [1.807, 2.05) is 0 Å². The Morgan fingerprint density at radius 3 is 1.85 bits per heavy atom. The van der Waals surface area contributed by atoms with Gasteiger partial charge in [-0.3, -0.25) is 9.35 Å². The summed E-state index contributed by atoms with van der Waals surface area (Å²) in [4.78, 5) is 10.8. The van der Waals surface area contributed by atoms with Crippen LogP contribution in [0.4, 0.5) is 0 Å². The molecule has 0 bridgehead atoms. The third kappa shape index (κ3) is 4.64. The van der Waals surface area contributed by atoms with Crippen molar-refractivity contribution in [1.29, 1.82) is 0 Å². The molecule has 76 valence electrons. The number of hydrogen-bond acceptors (Lipinski definition) is 3. The summed E-state index contributed by atoms with van der Waals surface area (Å²) in [6.45, 7) is 4.86. The molecule has 13 heavy (non-hydrogen) atoms. The zero-order chi connectivity index (χ0) is 10.9. The maximum Gasteiger partial charge on any atom is 0.288 e. The third-order valence-corrected chi connectivity index (χ3v) is 1.87. The lowest BCUT2D eigenvalue weighted by molar-refractivity contribution is -0.115. The van der Waals surface area contributed by atoms with Crippen LogP contribution in [0, 0.1) is 5.41 Å². The molecule has 1 amide bonds. The molecule has 0 aromatic rings. The highest BCUT2D eigenvalue weighted by Crippen LogP contribution is 2.25. The van der Waals surface area contributed by atoms with Gasteiger partial charge in [0.2, 0.25) is 5.91 Å². The van der Waals surface area contributed by atoms with Crippen LogP contribution in [0.1, 0.15) is 20.8 Å². The highest BCUT2D eigenvalue weighted by molar-refractivity contribution is 7.88. The molecule has 0 heterocycles. The summed E-state index contributed by atoms with van der Waals surface area (Å²) in [5.74, 6) is -0.856. The van der Waals surface area contributed by atoms with E-state index in [1.165, 1.54) is 0 Å². The fourth-order valence-electron chi connectivity index (χ4n) is 0.753. The lowest BCUT2D eigenvalue weighted by Gasteiger charge is -2.19. The molecule has 0 atom stereocenters. The summed E-state index contributed by atoms with van der Waals surface area (Å²) in [5.41, 5.74) is 4.11. The molecule has 6 heteroatoms. The number of rotatable bonds is 2. The van der Waals surface area contributed by atoms with E-state index in [0.717, 1.165) is 0 Å². The number of carbonyl (C=O) groups is 1. The van der Waals surface area contributed by atoms with E-state index in [9.17, 15) is 13.2 Å². The average molecular weight is 207 g/mol. The van der Waals surface area contributed by atoms with Crippen molar-refractivity contribution >= 4 is 16.0 Å². The Balaban J connectivity index is 5.32. The van der Waals surface area contributed by atoms with Crippen molar-refractivity contribution < 1.29 is 17.8 Å². The van der Waals surface area contributed by atoms with E-state index >= 15 is 0 Å². The van der Waals surface area contributed by atoms with Crippen molar-refractivity contribution in [2.24, 2.45) is 11.1 Å². The lowest BCUT2D eigenvalue weighted by atomic mass is 9.87. The second-order valence-corrected chi connectivity index (χ2v) is 4.93. The summed E-state index contributed by atoms with van der Waals surface area (Å²) < 4.78 is 29.4. The first-order chi connectivity index (χ1) is 5.54. The van der Waals surface area contributed by atoms with Gasteiger partial charge in [-0.25, -0.2) is 0 Å². The van der Waals surface area contributed by atoms with Gasteiger partial charge in [0.05, 0.1) is 5.41 Å². The molecule has 5 nitrogen and oxygen atoms in total. The Kier molecular flexibility index (Phi) is 3.23. The largest absolute Gasteiger partial charge is 0.366 e. The lowest BCUT2D eigenvalue weighted by Crippen LogP contribution is -2.25. The van der Waals surface area contributed by atoms with Gasteiger partial charge in [-0.05, 0) is 5.41 Å². The zero-order valence-electron chi connectivity index (χ0n) is 7.73. The van der Waals surface area contributed by atoms with Gasteiger partial charge in [0.1, 0.15) is 0 Å². The molecule has 0 aromatic carbocycles. The first-order valence-electron chi connectivity index (χ1n) is 3.53. The van der Waals surface area contributed by atoms with Crippen molar-refractivity contribution in [3.05, 3.63) is 11.0 Å². The molecule has 0 rings (SSSR count). The molecule has 0 spiro atoms. The van der Waals surface area contributed by atoms with Gasteiger partial charge in [-0.2, -0.15) is 8.42 Å². The number of hydrogen-bond donors (Lipinski definition) is 2. The SMILES string of the molecule is CC(C)(C)C(=CS(=O)(=O)O)C(N)=O. The van der Waals surface area contributed by atoms with Crippen LogP contribution < -0.4 is 5.73 Å². The number of carbonyl (C=O) groups excluding carboxylic acids is 1. The van der Waals surface area contributed by atoms with Crippen LogP contribution in [0.2, 0.25) is 0 Å². The third-order valence-electron chi connectivity index (χ3n) is 1.34. The van der Waals surface area contributed by atoms with Gasteiger partial charge in [-0.1, -0.05) is 20.8 Å². The van der Waals surface area contributed by atoms with Crippen LogP contribution in [0.15, 0.2) is 11.0 Å². The number of nitrogens with two attached hydrogens (primary N) is 1. The van der Waals surface area contributed by atoms with E-state index in [4.69, 9.17) is 10.3 Å². The van der Waals surface area contributed by atoms with Crippen LogP contribution in [0.5, 0.6) is 0 Å². The monoisotopic (exact) mass is 207 g/mol. The predicted octanol–water partition coefficient (Wildman–Crippen LogP) is 0.290. The molecule has 0 fully saturated rings. The van der Waals surface area contributed by atoms with Crippen molar-refractivity contribution in [2.75, 3.05) is 0 Å². The molecule has 0 aliphatic heterocycles. The molecule has 0 saturated heterocycles. The van der Waals surface area contributed by atoms with Gasteiger partial charge in [0.15, 0.2) is 0 Å². The predicted molar refractivity (Wildman–Crippen MR) is 48.3 cm³/mol. The summed E-state index contributed by atoms with van der Waals surface area (Å²) in [6.07, 6.45) is 0. The van der Waals surface area contributed by atoms with Crippen LogP contribution >= 0.6 is 0 Å². The first-order valence-corrected chi connectivity index (χ1v) is 5.04. The van der Waals surface area contributed by atoms with Gasteiger partial charge in [0, 0.05) is 5.57 Å². The minimum atomic E-state index is -4.31. The van der Waals surface area contributed by atoms with E-state index in [2.05, 4.69) is 0 Å². The van der Waals surface area contributed by atoms with Crippen molar-refractivity contribution in [3.63, 3.8) is 0 Å². The van der Waals surface area contributed by atoms with Gasteiger partial charge >= 0.3 is 0 Å². The molecule has 0 aliphatic carbocycles. The number of primary amides is 1. The zero-order valence-corrected chi connectivity index (χ0v) is 8.55. The average Bonchev–Trinajstić information content (AvgIpc) is 1.77. The van der Waals surface area contributed by atoms with Crippen molar-refractivity contribution in [3.8, 4) is 0 Å².